The number of unbranched alkanes of at least 4 members (excludes halogenated alkanes) is 2. The fourth-order valence-corrected chi connectivity index (χ4v) is 1.42. The van der Waals surface area contributed by atoms with E-state index in [-0.39, 0.29) is 0 Å². The molecule has 0 spiro atoms. The second-order valence-electron chi connectivity index (χ2n) is 4.28. The van der Waals surface area contributed by atoms with E-state index in [0.29, 0.717) is 17.5 Å². The first-order chi connectivity index (χ1) is 8.69. The van der Waals surface area contributed by atoms with Crippen LogP contribution in [-0.4, -0.2) is 27.6 Å². The first-order valence-corrected chi connectivity index (χ1v) is 6.64. The van der Waals surface area contributed by atoms with Crippen LogP contribution in [-0.2, 0) is 7.05 Å². The van der Waals surface area contributed by atoms with Crippen molar-refractivity contribution in [3.63, 3.8) is 0 Å². The van der Waals surface area contributed by atoms with Gasteiger partial charge in [0.1, 0.15) is 0 Å². The van der Waals surface area contributed by atoms with E-state index < -0.39 is 0 Å². The number of hydrogen-bond donors (Lipinski definition) is 2. The number of hydrogen-bond acceptors (Lipinski definition) is 5. The maximum Gasteiger partial charge on any atom is 0.230 e. The molecule has 0 saturated carbocycles. The second-order valence-corrected chi connectivity index (χ2v) is 4.28. The molecule has 1 heterocycles. The molecule has 1 rings (SSSR count). The third-order valence-corrected chi connectivity index (χ3v) is 2.65. The molecule has 0 atom stereocenters. The molecule has 1 aromatic heterocycles. The summed E-state index contributed by atoms with van der Waals surface area (Å²) in [6.07, 6.45) is 4.40. The van der Waals surface area contributed by atoms with Crippen LogP contribution in [0, 0.1) is 0 Å². The summed E-state index contributed by atoms with van der Waals surface area (Å²) in [5.41, 5.74) is 6.48. The first kappa shape index (κ1) is 14.5. The first-order valence-electron chi connectivity index (χ1n) is 6.64. The Hall–Kier alpha value is -1.59. The number of nitrogen functional groups attached to an aromatic ring is 1. The third-order valence-electron chi connectivity index (χ3n) is 2.65. The summed E-state index contributed by atoms with van der Waals surface area (Å²) in [4.78, 5) is 13.0. The van der Waals surface area contributed by atoms with E-state index in [1.165, 1.54) is 0 Å². The highest BCUT2D eigenvalue weighted by Gasteiger charge is 2.02. The van der Waals surface area contributed by atoms with Crippen LogP contribution in [0.5, 0.6) is 0 Å². The maximum atomic E-state index is 5.84. The van der Waals surface area contributed by atoms with Crippen molar-refractivity contribution in [2.45, 2.75) is 39.5 Å². The van der Waals surface area contributed by atoms with Crippen LogP contribution < -0.4 is 16.7 Å². The third kappa shape index (κ3) is 4.35. The summed E-state index contributed by atoms with van der Waals surface area (Å²) in [5.74, 6) is 0.994. The Labute approximate surface area is 108 Å². The number of anilines is 2. The molecule has 0 saturated heterocycles. The van der Waals surface area contributed by atoms with Crippen LogP contribution in [0.1, 0.15) is 39.5 Å². The standard InChI is InChI=1S/C12H24N6/c1-4-6-8-14-11-16-10(13)18(3)12(17-11)15-9-7-5-2/h4-9H2,1-3H3,(H3,13,14,15,16,17). The number of nitrogens with one attached hydrogen (secondary N) is 1. The molecule has 3 N–H and O–H groups in total. The summed E-state index contributed by atoms with van der Waals surface area (Å²) < 4.78 is 1.71. The molecular formula is C12H24N6. The highest BCUT2D eigenvalue weighted by atomic mass is 15.3. The van der Waals surface area contributed by atoms with Crippen LogP contribution >= 0.6 is 0 Å². The minimum Gasteiger partial charge on any atom is -0.369 e. The summed E-state index contributed by atoms with van der Waals surface area (Å²) in [6.45, 7) is 5.92. The van der Waals surface area contributed by atoms with Crippen molar-refractivity contribution in [1.82, 2.24) is 14.5 Å². The van der Waals surface area contributed by atoms with Gasteiger partial charge >= 0.3 is 0 Å². The van der Waals surface area contributed by atoms with Crippen molar-refractivity contribution in [1.29, 1.82) is 0 Å². The van der Waals surface area contributed by atoms with Gasteiger partial charge in [-0.3, -0.25) is 9.56 Å². The van der Waals surface area contributed by atoms with Crippen LogP contribution in [0.2, 0.25) is 0 Å². The maximum absolute atomic E-state index is 5.84. The van der Waals surface area contributed by atoms with Crippen LogP contribution in [0.3, 0.4) is 0 Å². The van der Waals surface area contributed by atoms with Gasteiger partial charge in [-0.05, 0) is 12.8 Å². The average molecular weight is 252 g/mol. The van der Waals surface area contributed by atoms with Crippen LogP contribution in [0.25, 0.3) is 0 Å². The second kappa shape index (κ2) is 7.68. The van der Waals surface area contributed by atoms with Crippen LogP contribution in [0.4, 0.5) is 11.9 Å². The van der Waals surface area contributed by atoms with Crippen LogP contribution in [0.15, 0.2) is 4.99 Å². The monoisotopic (exact) mass is 252 g/mol. The van der Waals surface area contributed by atoms with E-state index in [1.54, 1.807) is 4.57 Å². The summed E-state index contributed by atoms with van der Waals surface area (Å²) in [7, 11) is 1.83. The van der Waals surface area contributed by atoms with Gasteiger partial charge in [0.25, 0.3) is 0 Å². The fraction of sp³-hybridized carbons (Fsp3) is 0.750. The number of rotatable bonds is 7. The van der Waals surface area contributed by atoms with E-state index in [2.05, 4.69) is 34.1 Å². The molecule has 0 bridgehead atoms. The van der Waals surface area contributed by atoms with Gasteiger partial charge < -0.3 is 11.1 Å². The fourth-order valence-electron chi connectivity index (χ4n) is 1.42. The molecular weight excluding hydrogens is 228 g/mol. The number of nitrogens with two attached hydrogens (primary N) is 1. The highest BCUT2D eigenvalue weighted by Crippen LogP contribution is 1.99. The summed E-state index contributed by atoms with van der Waals surface area (Å²) in [6, 6.07) is 0. The molecule has 0 unspecified atom stereocenters. The lowest BCUT2D eigenvalue weighted by molar-refractivity contribution is 0.710. The van der Waals surface area contributed by atoms with E-state index in [0.717, 1.165) is 38.8 Å². The lowest BCUT2D eigenvalue weighted by Crippen LogP contribution is -2.27. The Morgan fingerprint density at radius 2 is 1.94 bits per heavy atom. The van der Waals surface area contributed by atoms with Crippen molar-refractivity contribution in [3.05, 3.63) is 5.62 Å². The van der Waals surface area contributed by atoms with Crippen molar-refractivity contribution in [2.75, 3.05) is 24.1 Å². The van der Waals surface area contributed by atoms with E-state index in [1.807, 2.05) is 7.05 Å². The molecule has 0 radical (unpaired) electrons. The van der Waals surface area contributed by atoms with Gasteiger partial charge in [-0.1, -0.05) is 26.7 Å². The zero-order valence-electron chi connectivity index (χ0n) is 11.6. The SMILES string of the molecule is CCCCN=c1nc(NCCCC)nc(N)n1C. The zero-order chi connectivity index (χ0) is 13.4. The number of nitrogens with zero attached hydrogens (tertiary/aromatic N) is 4. The minimum absolute atomic E-state index is 0.430. The zero-order valence-corrected chi connectivity index (χ0v) is 11.6. The predicted octanol–water partition coefficient (Wildman–Crippen LogP) is 1.31. The quantitative estimate of drug-likeness (QED) is 0.717. The topological polar surface area (TPSA) is 81.1 Å². The molecule has 1 aromatic rings. The Balaban J connectivity index is 2.85. The molecule has 102 valence electrons. The normalized spacial score (nSPS) is 11.8. The Bertz CT molecular complexity index is 423. The van der Waals surface area contributed by atoms with Gasteiger partial charge in [0, 0.05) is 20.1 Å². The molecule has 0 aromatic carbocycles. The average Bonchev–Trinajstić information content (AvgIpc) is 2.35. The lowest BCUT2D eigenvalue weighted by Gasteiger charge is -2.08. The van der Waals surface area contributed by atoms with Gasteiger partial charge in [-0.2, -0.15) is 9.97 Å². The van der Waals surface area contributed by atoms with Gasteiger partial charge in [-0.15, -0.1) is 0 Å². The minimum atomic E-state index is 0.430. The van der Waals surface area contributed by atoms with Crippen molar-refractivity contribution in [3.8, 4) is 0 Å². The van der Waals surface area contributed by atoms with Gasteiger partial charge in [-0.25, -0.2) is 0 Å². The molecule has 0 aliphatic heterocycles. The molecule has 0 fully saturated rings. The predicted molar refractivity (Wildman–Crippen MR) is 74.2 cm³/mol. The van der Waals surface area contributed by atoms with Crippen molar-refractivity contribution in [2.24, 2.45) is 12.0 Å². The lowest BCUT2D eigenvalue weighted by atomic mass is 10.3. The Morgan fingerprint density at radius 3 is 2.61 bits per heavy atom. The van der Waals surface area contributed by atoms with E-state index in [4.69, 9.17) is 5.73 Å². The van der Waals surface area contributed by atoms with E-state index in [9.17, 15) is 0 Å². The molecule has 6 nitrogen and oxygen atoms in total. The van der Waals surface area contributed by atoms with Gasteiger partial charge in [0.2, 0.25) is 17.5 Å². The van der Waals surface area contributed by atoms with Crippen molar-refractivity contribution >= 4 is 11.9 Å². The molecule has 0 aliphatic carbocycles. The smallest absolute Gasteiger partial charge is 0.230 e. The Kier molecular flexibility index (Phi) is 6.18. The summed E-state index contributed by atoms with van der Waals surface area (Å²) in [5, 5.41) is 3.17. The highest BCUT2D eigenvalue weighted by molar-refractivity contribution is 5.29. The van der Waals surface area contributed by atoms with Crippen molar-refractivity contribution < 1.29 is 0 Å². The van der Waals surface area contributed by atoms with E-state index >= 15 is 0 Å². The molecule has 0 aliphatic rings. The summed E-state index contributed by atoms with van der Waals surface area (Å²) >= 11 is 0. The molecule has 6 heteroatoms. The molecule has 18 heavy (non-hydrogen) atoms. The number of aromatic nitrogens is 3. The Morgan fingerprint density at radius 1 is 1.22 bits per heavy atom. The van der Waals surface area contributed by atoms with Gasteiger partial charge in [0.15, 0.2) is 0 Å². The molecule has 0 amide bonds. The largest absolute Gasteiger partial charge is 0.369 e. The van der Waals surface area contributed by atoms with Gasteiger partial charge in [0.05, 0.1) is 0 Å².